The first kappa shape index (κ1) is 19.9. The van der Waals surface area contributed by atoms with Crippen LogP contribution in [-0.4, -0.2) is 36.1 Å². The third kappa shape index (κ3) is 4.02. The monoisotopic (exact) mass is 383 g/mol. The van der Waals surface area contributed by atoms with Crippen LogP contribution in [0, 0.1) is 25.2 Å². The highest BCUT2D eigenvalue weighted by atomic mass is 16.5. The first-order chi connectivity index (χ1) is 13.5. The average Bonchev–Trinajstić information content (AvgIpc) is 3.42. The Morgan fingerprint density at radius 3 is 2.54 bits per heavy atom. The predicted molar refractivity (Wildman–Crippen MR) is 103 cm³/mol. The van der Waals surface area contributed by atoms with E-state index in [4.69, 9.17) is 14.2 Å². The fourth-order valence-corrected chi connectivity index (χ4v) is 3.20. The van der Waals surface area contributed by atoms with Crippen molar-refractivity contribution in [1.82, 2.24) is 9.78 Å². The number of esters is 1. The fourth-order valence-electron chi connectivity index (χ4n) is 3.20. The predicted octanol–water partition coefficient (Wildman–Crippen LogP) is 3.86. The average molecular weight is 383 g/mol. The van der Waals surface area contributed by atoms with E-state index >= 15 is 0 Å². The molecule has 1 aliphatic carbocycles. The third-order valence-electron chi connectivity index (χ3n) is 4.71. The van der Waals surface area contributed by atoms with Crippen molar-refractivity contribution in [1.29, 1.82) is 5.26 Å². The lowest BCUT2D eigenvalue weighted by atomic mass is 10.0. The van der Waals surface area contributed by atoms with E-state index in [-0.39, 0.29) is 12.5 Å². The molecule has 28 heavy (non-hydrogen) atoms. The van der Waals surface area contributed by atoms with Crippen molar-refractivity contribution < 1.29 is 19.0 Å². The van der Waals surface area contributed by atoms with Crippen LogP contribution >= 0.6 is 0 Å². The summed E-state index contributed by atoms with van der Waals surface area (Å²) in [7, 11) is 1.61. The number of methoxy groups -OCH3 is 1. The smallest absolute Gasteiger partial charge is 0.360 e. The van der Waals surface area contributed by atoms with Crippen LogP contribution in [0.3, 0.4) is 0 Å². The Morgan fingerprint density at radius 2 is 2.00 bits per heavy atom. The van der Waals surface area contributed by atoms with Crippen LogP contribution in [0.15, 0.2) is 12.1 Å². The van der Waals surface area contributed by atoms with E-state index in [0.717, 1.165) is 29.7 Å². The molecule has 0 saturated heterocycles. The second-order valence-electron chi connectivity index (χ2n) is 6.92. The third-order valence-corrected chi connectivity index (χ3v) is 4.71. The number of nitriles is 1. The van der Waals surface area contributed by atoms with Gasteiger partial charge < -0.3 is 14.2 Å². The van der Waals surface area contributed by atoms with E-state index in [9.17, 15) is 10.1 Å². The highest BCUT2D eigenvalue weighted by Gasteiger charge is 2.36. The molecule has 0 amide bonds. The molecular weight excluding hydrogens is 358 g/mol. The molecule has 1 fully saturated rings. The zero-order chi connectivity index (χ0) is 20.3. The lowest BCUT2D eigenvalue weighted by Gasteiger charge is -2.12. The van der Waals surface area contributed by atoms with Gasteiger partial charge in [-0.1, -0.05) is 0 Å². The molecule has 148 valence electrons. The zero-order valence-corrected chi connectivity index (χ0v) is 16.7. The molecule has 1 aliphatic rings. The molecule has 7 nitrogen and oxygen atoms in total. The van der Waals surface area contributed by atoms with Crippen LogP contribution < -0.4 is 4.74 Å². The van der Waals surface area contributed by atoms with Gasteiger partial charge >= 0.3 is 5.97 Å². The highest BCUT2D eigenvalue weighted by Crippen LogP contribution is 2.46. The van der Waals surface area contributed by atoms with Gasteiger partial charge in [-0.25, -0.2) is 4.79 Å². The molecule has 3 rings (SSSR count). The topological polar surface area (TPSA) is 86.4 Å². The van der Waals surface area contributed by atoms with Gasteiger partial charge in [-0.15, -0.1) is 0 Å². The second kappa shape index (κ2) is 8.44. The summed E-state index contributed by atoms with van der Waals surface area (Å²) < 4.78 is 18.2. The van der Waals surface area contributed by atoms with Gasteiger partial charge in [-0.3, -0.25) is 4.68 Å². The van der Waals surface area contributed by atoms with Gasteiger partial charge in [0.15, 0.2) is 11.4 Å². The van der Waals surface area contributed by atoms with Gasteiger partial charge in [-0.05, 0) is 56.9 Å². The molecule has 0 unspecified atom stereocenters. The maximum absolute atomic E-state index is 12.7. The first-order valence-electron chi connectivity index (χ1n) is 9.46. The highest BCUT2D eigenvalue weighted by molar-refractivity contribution is 5.91. The lowest BCUT2D eigenvalue weighted by molar-refractivity contribution is 0.0506. The molecule has 0 spiro atoms. The van der Waals surface area contributed by atoms with E-state index in [1.54, 1.807) is 18.7 Å². The SMILES string of the molecule is CCOC(=O)c1c(Oc2cc(C)c(C#N)c(C)c2)c(C2CC2)nn1CCOC. The number of hydrogen-bond acceptors (Lipinski definition) is 6. The van der Waals surface area contributed by atoms with Crippen LogP contribution in [0.1, 0.15) is 58.6 Å². The normalized spacial score (nSPS) is 13.2. The molecule has 1 aromatic heterocycles. The van der Waals surface area contributed by atoms with Gasteiger partial charge in [0.2, 0.25) is 0 Å². The van der Waals surface area contributed by atoms with Crippen molar-refractivity contribution in [2.24, 2.45) is 0 Å². The van der Waals surface area contributed by atoms with Crippen LogP contribution in [0.5, 0.6) is 11.5 Å². The summed E-state index contributed by atoms with van der Waals surface area (Å²) in [6, 6.07) is 5.83. The molecule has 2 aromatic rings. The molecule has 7 heteroatoms. The van der Waals surface area contributed by atoms with Crippen LogP contribution in [0.2, 0.25) is 0 Å². The molecule has 0 N–H and O–H groups in total. The van der Waals surface area contributed by atoms with Gasteiger partial charge in [0.05, 0.1) is 31.4 Å². The number of aromatic nitrogens is 2. The molecule has 0 atom stereocenters. The Morgan fingerprint density at radius 1 is 1.32 bits per heavy atom. The Labute approximate surface area is 164 Å². The summed E-state index contributed by atoms with van der Waals surface area (Å²) in [5, 5.41) is 13.9. The minimum atomic E-state index is -0.463. The van der Waals surface area contributed by atoms with Gasteiger partial charge in [0.1, 0.15) is 11.4 Å². The standard InChI is InChI=1S/C21H25N3O4/c1-5-27-21(25)19-20(18(15-6-7-15)23-24(19)8-9-26-4)28-16-10-13(2)17(12-22)14(3)11-16/h10-11,15H,5-9H2,1-4H3. The number of hydrogen-bond donors (Lipinski definition) is 0. The fraction of sp³-hybridized carbons (Fsp3) is 0.476. The molecule has 1 heterocycles. The summed E-state index contributed by atoms with van der Waals surface area (Å²) in [5.41, 5.74) is 3.38. The van der Waals surface area contributed by atoms with E-state index in [1.807, 2.05) is 26.0 Å². The van der Waals surface area contributed by atoms with Crippen molar-refractivity contribution in [2.45, 2.75) is 46.1 Å². The number of ether oxygens (including phenoxy) is 3. The largest absolute Gasteiger partial charge is 0.461 e. The Hall–Kier alpha value is -2.85. The molecule has 0 aliphatic heterocycles. The number of carbonyl (C=O) groups is 1. The van der Waals surface area contributed by atoms with Gasteiger partial charge in [-0.2, -0.15) is 10.4 Å². The number of rotatable bonds is 8. The number of carbonyl (C=O) groups excluding carboxylic acids is 1. The van der Waals surface area contributed by atoms with Gasteiger partial charge in [0.25, 0.3) is 0 Å². The van der Waals surface area contributed by atoms with Crippen LogP contribution in [0.4, 0.5) is 0 Å². The first-order valence-corrected chi connectivity index (χ1v) is 9.46. The van der Waals surface area contributed by atoms with Crippen molar-refractivity contribution in [3.05, 3.63) is 40.2 Å². The number of aryl methyl sites for hydroxylation is 2. The molecular formula is C21H25N3O4. The summed E-state index contributed by atoms with van der Waals surface area (Å²) in [4.78, 5) is 12.7. The lowest BCUT2D eigenvalue weighted by Crippen LogP contribution is -2.16. The van der Waals surface area contributed by atoms with Crippen molar-refractivity contribution >= 4 is 5.97 Å². The summed E-state index contributed by atoms with van der Waals surface area (Å²) >= 11 is 0. The quantitative estimate of drug-likeness (QED) is 0.643. The van der Waals surface area contributed by atoms with Crippen molar-refractivity contribution in [3.63, 3.8) is 0 Å². The van der Waals surface area contributed by atoms with E-state index in [2.05, 4.69) is 11.2 Å². The number of benzene rings is 1. The minimum Gasteiger partial charge on any atom is -0.461 e. The Bertz CT molecular complexity index is 899. The number of nitrogens with zero attached hydrogens (tertiary/aromatic N) is 3. The van der Waals surface area contributed by atoms with E-state index in [1.165, 1.54) is 0 Å². The van der Waals surface area contributed by atoms with Crippen molar-refractivity contribution in [2.75, 3.05) is 20.3 Å². The summed E-state index contributed by atoms with van der Waals surface area (Å²) in [6.45, 7) is 6.62. The maximum Gasteiger partial charge on any atom is 0.360 e. The molecule has 1 aromatic carbocycles. The molecule has 1 saturated carbocycles. The van der Waals surface area contributed by atoms with Crippen LogP contribution in [0.25, 0.3) is 0 Å². The van der Waals surface area contributed by atoms with Crippen LogP contribution in [-0.2, 0) is 16.0 Å². The molecule has 0 radical (unpaired) electrons. The Kier molecular flexibility index (Phi) is 6.00. The van der Waals surface area contributed by atoms with Gasteiger partial charge in [0, 0.05) is 13.0 Å². The second-order valence-corrected chi connectivity index (χ2v) is 6.92. The Balaban J connectivity index is 2.06. The maximum atomic E-state index is 12.7. The molecule has 0 bridgehead atoms. The van der Waals surface area contributed by atoms with Crippen molar-refractivity contribution in [3.8, 4) is 17.6 Å². The summed E-state index contributed by atoms with van der Waals surface area (Å²) in [5.74, 6) is 0.843. The zero-order valence-electron chi connectivity index (χ0n) is 16.7. The van der Waals surface area contributed by atoms with E-state index < -0.39 is 5.97 Å². The minimum absolute atomic E-state index is 0.265. The summed E-state index contributed by atoms with van der Waals surface area (Å²) in [6.07, 6.45) is 2.04. The van der Waals surface area contributed by atoms with E-state index in [0.29, 0.717) is 35.9 Å².